The molecular formula is C27H18BrCl2N3OS. The van der Waals surface area contributed by atoms with E-state index in [4.69, 9.17) is 28.2 Å². The summed E-state index contributed by atoms with van der Waals surface area (Å²) in [4.78, 5) is 23.9. The first-order valence-electron chi connectivity index (χ1n) is 10.7. The minimum Gasteiger partial charge on any atom is -0.298 e. The van der Waals surface area contributed by atoms with Crippen LogP contribution in [-0.2, 0) is 0 Å². The quantitative estimate of drug-likeness (QED) is 0.230. The van der Waals surface area contributed by atoms with Gasteiger partial charge < -0.3 is 0 Å². The lowest BCUT2D eigenvalue weighted by Gasteiger charge is -2.10. The van der Waals surface area contributed by atoms with Gasteiger partial charge in [-0.3, -0.25) is 10.1 Å². The summed E-state index contributed by atoms with van der Waals surface area (Å²) >= 11 is 17.3. The normalized spacial score (nSPS) is 11.1. The molecule has 0 aliphatic rings. The van der Waals surface area contributed by atoms with Crippen LogP contribution < -0.4 is 5.32 Å². The molecule has 0 aliphatic carbocycles. The molecule has 0 unspecified atom stereocenters. The van der Waals surface area contributed by atoms with Crippen LogP contribution in [0.4, 0.5) is 5.13 Å². The molecule has 0 saturated carbocycles. The second kappa shape index (κ2) is 9.70. The number of carbonyl (C=O) groups excluding carboxylic acids is 1. The van der Waals surface area contributed by atoms with Gasteiger partial charge in [-0.2, -0.15) is 0 Å². The summed E-state index contributed by atoms with van der Waals surface area (Å²) in [5.74, 6) is -0.258. The molecule has 2 heterocycles. The molecule has 0 saturated heterocycles. The second-order valence-electron chi connectivity index (χ2n) is 8.08. The Morgan fingerprint density at radius 3 is 2.46 bits per heavy atom. The van der Waals surface area contributed by atoms with Crippen LogP contribution in [0, 0.1) is 13.8 Å². The van der Waals surface area contributed by atoms with Crippen molar-refractivity contribution in [1.29, 1.82) is 0 Å². The number of rotatable bonds is 4. The zero-order valence-electron chi connectivity index (χ0n) is 18.7. The predicted molar refractivity (Wildman–Crippen MR) is 150 cm³/mol. The lowest BCUT2D eigenvalue weighted by molar-refractivity contribution is 0.102. The van der Waals surface area contributed by atoms with Crippen LogP contribution in [0.1, 0.15) is 20.8 Å². The number of benzene rings is 3. The van der Waals surface area contributed by atoms with Gasteiger partial charge in [-0.25, -0.2) is 9.97 Å². The van der Waals surface area contributed by atoms with Crippen molar-refractivity contribution in [2.24, 2.45) is 0 Å². The fourth-order valence-corrected chi connectivity index (χ4v) is 5.49. The lowest BCUT2D eigenvalue weighted by atomic mass is 10.0. The minimum atomic E-state index is -0.258. The van der Waals surface area contributed by atoms with E-state index in [1.165, 1.54) is 11.3 Å². The molecule has 1 N–H and O–H groups in total. The van der Waals surface area contributed by atoms with E-state index in [1.54, 1.807) is 12.1 Å². The Labute approximate surface area is 225 Å². The number of thiazole rings is 1. The smallest absolute Gasteiger partial charge is 0.258 e. The van der Waals surface area contributed by atoms with Gasteiger partial charge in [0.05, 0.1) is 27.5 Å². The third kappa shape index (κ3) is 4.98. The molecule has 0 bridgehead atoms. The Bertz CT molecular complexity index is 1600. The SMILES string of the molecule is Cc1ccc(-c2cc(C(=O)Nc3nc(-c4ccc(Cl)cc4Cl)c(C)s3)c3cc(Br)ccc3n2)cc1. The summed E-state index contributed by atoms with van der Waals surface area (Å²) < 4.78 is 0.869. The Morgan fingerprint density at radius 2 is 1.71 bits per heavy atom. The number of carbonyl (C=O) groups is 1. The van der Waals surface area contributed by atoms with E-state index in [-0.39, 0.29) is 5.91 Å². The first-order chi connectivity index (χ1) is 16.8. The molecule has 0 atom stereocenters. The van der Waals surface area contributed by atoms with Gasteiger partial charge in [0.2, 0.25) is 0 Å². The molecule has 0 radical (unpaired) electrons. The minimum absolute atomic E-state index is 0.258. The van der Waals surface area contributed by atoms with Crippen molar-refractivity contribution in [2.75, 3.05) is 5.32 Å². The molecular weight excluding hydrogens is 565 g/mol. The van der Waals surface area contributed by atoms with E-state index in [0.717, 1.165) is 48.3 Å². The third-order valence-electron chi connectivity index (χ3n) is 5.57. The fourth-order valence-electron chi connectivity index (χ4n) is 3.80. The van der Waals surface area contributed by atoms with Crippen LogP contribution in [0.5, 0.6) is 0 Å². The van der Waals surface area contributed by atoms with Crippen molar-refractivity contribution in [3.05, 3.63) is 97.3 Å². The number of amides is 1. The average Bonchev–Trinajstić information content (AvgIpc) is 3.18. The molecule has 0 fully saturated rings. The summed E-state index contributed by atoms with van der Waals surface area (Å²) in [5.41, 5.74) is 5.58. The molecule has 35 heavy (non-hydrogen) atoms. The van der Waals surface area contributed by atoms with E-state index in [2.05, 4.69) is 26.2 Å². The van der Waals surface area contributed by atoms with E-state index in [9.17, 15) is 4.79 Å². The van der Waals surface area contributed by atoms with Crippen LogP contribution >= 0.6 is 50.5 Å². The van der Waals surface area contributed by atoms with Crippen LogP contribution in [0.15, 0.2) is 71.2 Å². The van der Waals surface area contributed by atoms with Crippen LogP contribution in [0.25, 0.3) is 33.4 Å². The number of fused-ring (bicyclic) bond motifs is 1. The topological polar surface area (TPSA) is 54.9 Å². The van der Waals surface area contributed by atoms with Crippen molar-refractivity contribution in [1.82, 2.24) is 9.97 Å². The van der Waals surface area contributed by atoms with Crippen molar-refractivity contribution >= 4 is 72.4 Å². The van der Waals surface area contributed by atoms with Gasteiger partial charge in [0.1, 0.15) is 0 Å². The fraction of sp³-hybridized carbons (Fsp3) is 0.0741. The lowest BCUT2D eigenvalue weighted by Crippen LogP contribution is -2.13. The third-order valence-corrected chi connectivity index (χ3v) is 7.49. The number of halogens is 3. The molecule has 2 aromatic heterocycles. The maximum atomic E-state index is 13.5. The number of aromatic nitrogens is 2. The summed E-state index contributed by atoms with van der Waals surface area (Å²) in [6, 6.07) is 20.9. The predicted octanol–water partition coefficient (Wildman–Crippen LogP) is 8.96. The summed E-state index contributed by atoms with van der Waals surface area (Å²) in [6.45, 7) is 3.98. The molecule has 5 rings (SSSR count). The van der Waals surface area contributed by atoms with E-state index < -0.39 is 0 Å². The number of nitrogens with one attached hydrogen (secondary N) is 1. The van der Waals surface area contributed by atoms with Crippen LogP contribution in [0.3, 0.4) is 0 Å². The zero-order valence-corrected chi connectivity index (χ0v) is 22.6. The maximum Gasteiger partial charge on any atom is 0.258 e. The highest BCUT2D eigenvalue weighted by molar-refractivity contribution is 9.10. The van der Waals surface area contributed by atoms with E-state index >= 15 is 0 Å². The highest BCUT2D eigenvalue weighted by Crippen LogP contribution is 2.36. The number of pyridine rings is 1. The number of nitrogens with zero attached hydrogens (tertiary/aromatic N) is 2. The highest BCUT2D eigenvalue weighted by atomic mass is 79.9. The maximum absolute atomic E-state index is 13.5. The standard InChI is InChI=1S/C27H18BrCl2N3OS/c1-14-3-5-16(6-4-14)24-13-21(20-11-17(28)7-10-23(20)31-24)26(34)33-27-32-25(15(2)35-27)19-9-8-18(29)12-22(19)30/h3-13H,1-2H3,(H,32,33,34). The Morgan fingerprint density at radius 1 is 0.943 bits per heavy atom. The average molecular weight is 583 g/mol. The Balaban J connectivity index is 1.54. The monoisotopic (exact) mass is 581 g/mol. The van der Waals surface area contributed by atoms with Gasteiger partial charge in [0.25, 0.3) is 5.91 Å². The van der Waals surface area contributed by atoms with Gasteiger partial charge in [-0.05, 0) is 56.3 Å². The highest BCUT2D eigenvalue weighted by Gasteiger charge is 2.18. The molecule has 5 aromatic rings. The molecule has 4 nitrogen and oxygen atoms in total. The molecule has 174 valence electrons. The Hall–Kier alpha value is -2.77. The second-order valence-corrected chi connectivity index (χ2v) is 11.0. The number of anilines is 1. The molecule has 0 spiro atoms. The van der Waals surface area contributed by atoms with Gasteiger partial charge >= 0.3 is 0 Å². The largest absolute Gasteiger partial charge is 0.298 e. The van der Waals surface area contributed by atoms with Gasteiger partial charge in [-0.15, -0.1) is 11.3 Å². The molecule has 8 heteroatoms. The van der Waals surface area contributed by atoms with Gasteiger partial charge in [0, 0.05) is 30.9 Å². The van der Waals surface area contributed by atoms with E-state index in [1.807, 2.05) is 68.4 Å². The van der Waals surface area contributed by atoms with E-state index in [0.29, 0.717) is 20.7 Å². The first kappa shape index (κ1) is 23.9. The summed E-state index contributed by atoms with van der Waals surface area (Å²) in [7, 11) is 0. The molecule has 1 amide bonds. The van der Waals surface area contributed by atoms with Crippen molar-refractivity contribution in [3.63, 3.8) is 0 Å². The van der Waals surface area contributed by atoms with Crippen molar-refractivity contribution < 1.29 is 4.79 Å². The summed E-state index contributed by atoms with van der Waals surface area (Å²) in [5, 5.41) is 5.29. The van der Waals surface area contributed by atoms with Gasteiger partial charge in [0.15, 0.2) is 5.13 Å². The first-order valence-corrected chi connectivity index (χ1v) is 13.1. The molecule has 0 aliphatic heterocycles. The zero-order chi connectivity index (χ0) is 24.7. The number of hydrogen-bond donors (Lipinski definition) is 1. The Kier molecular flexibility index (Phi) is 6.64. The number of hydrogen-bond acceptors (Lipinski definition) is 4. The van der Waals surface area contributed by atoms with Crippen molar-refractivity contribution in [2.45, 2.75) is 13.8 Å². The summed E-state index contributed by atoms with van der Waals surface area (Å²) in [6.07, 6.45) is 0. The van der Waals surface area contributed by atoms with Gasteiger partial charge in [-0.1, -0.05) is 69.0 Å². The van der Waals surface area contributed by atoms with Crippen molar-refractivity contribution in [3.8, 4) is 22.5 Å². The number of aryl methyl sites for hydroxylation is 2. The van der Waals surface area contributed by atoms with Crippen LogP contribution in [-0.4, -0.2) is 15.9 Å². The molecule has 3 aromatic carbocycles. The van der Waals surface area contributed by atoms with Crippen LogP contribution in [0.2, 0.25) is 10.0 Å².